The van der Waals surface area contributed by atoms with Gasteiger partial charge in [-0.15, -0.1) is 0 Å². The summed E-state index contributed by atoms with van der Waals surface area (Å²) in [4.78, 5) is 13.3. The second kappa shape index (κ2) is 10.3. The van der Waals surface area contributed by atoms with Gasteiger partial charge in [-0.2, -0.15) is 0 Å². The Balaban J connectivity index is 1.73. The highest BCUT2D eigenvalue weighted by molar-refractivity contribution is 5.76. The molecule has 1 aliphatic rings. The summed E-state index contributed by atoms with van der Waals surface area (Å²) in [7, 11) is 0. The third-order valence-corrected chi connectivity index (χ3v) is 4.22. The van der Waals surface area contributed by atoms with Crippen molar-refractivity contribution in [3.8, 4) is 5.75 Å². The van der Waals surface area contributed by atoms with E-state index >= 15 is 0 Å². The lowest BCUT2D eigenvalue weighted by Crippen LogP contribution is -2.36. The number of nitrogens with zero attached hydrogens (tertiary/aromatic N) is 1. The van der Waals surface area contributed by atoms with Gasteiger partial charge in [0, 0.05) is 26.2 Å². The van der Waals surface area contributed by atoms with Crippen LogP contribution in [0, 0.1) is 5.92 Å². The van der Waals surface area contributed by atoms with Crippen LogP contribution >= 0.6 is 0 Å². The third-order valence-electron chi connectivity index (χ3n) is 4.22. The van der Waals surface area contributed by atoms with Crippen LogP contribution in [0.4, 0.5) is 0 Å². The second-order valence-corrected chi connectivity index (χ2v) is 6.28. The van der Waals surface area contributed by atoms with Crippen molar-refractivity contribution in [2.24, 2.45) is 5.92 Å². The quantitative estimate of drug-likeness (QED) is 0.580. The molecule has 1 atom stereocenters. The summed E-state index contributed by atoms with van der Waals surface area (Å²) in [5.74, 6) is 0.865. The maximum Gasteiger partial charge on any atom is 0.245 e. The van der Waals surface area contributed by atoms with Crippen molar-refractivity contribution in [1.82, 2.24) is 10.2 Å². The molecule has 1 unspecified atom stereocenters. The minimum Gasteiger partial charge on any atom is -0.494 e. The molecule has 1 heterocycles. The predicted molar refractivity (Wildman–Crippen MR) is 91.7 cm³/mol. The topological polar surface area (TPSA) is 82.0 Å². The average Bonchev–Trinajstić information content (AvgIpc) is 2.61. The maximum atomic E-state index is 10.9. The highest BCUT2D eigenvalue weighted by atomic mass is 16.5. The van der Waals surface area contributed by atoms with Gasteiger partial charge in [-0.05, 0) is 49.4 Å². The minimum atomic E-state index is -0.476. The van der Waals surface area contributed by atoms with Crippen molar-refractivity contribution in [2.75, 3.05) is 39.5 Å². The molecular weight excluding hydrogens is 308 g/mol. The number of rotatable bonds is 9. The van der Waals surface area contributed by atoms with Gasteiger partial charge in [0.05, 0.1) is 6.61 Å². The van der Waals surface area contributed by atoms with E-state index in [-0.39, 0.29) is 12.5 Å². The van der Waals surface area contributed by atoms with Crippen molar-refractivity contribution in [1.29, 1.82) is 0 Å². The van der Waals surface area contributed by atoms with Gasteiger partial charge in [0.25, 0.3) is 0 Å². The minimum absolute atomic E-state index is 0.270. The highest BCUT2D eigenvalue weighted by Crippen LogP contribution is 2.20. The number of ether oxygens (including phenoxy) is 1. The highest BCUT2D eigenvalue weighted by Gasteiger charge is 2.19. The molecule has 1 saturated heterocycles. The van der Waals surface area contributed by atoms with Crippen molar-refractivity contribution in [3.05, 3.63) is 29.8 Å². The average molecular weight is 336 g/mol. The molecule has 2 rings (SSSR count). The summed E-state index contributed by atoms with van der Waals surface area (Å²) in [6.45, 7) is 3.71. The first-order valence-corrected chi connectivity index (χ1v) is 8.63. The molecule has 1 amide bonds. The van der Waals surface area contributed by atoms with E-state index in [4.69, 9.17) is 9.84 Å². The number of hydrogen-bond donors (Lipinski definition) is 3. The second-order valence-electron chi connectivity index (χ2n) is 6.28. The number of amides is 1. The summed E-state index contributed by atoms with van der Waals surface area (Å²) in [6, 6.07) is 8.07. The number of aliphatic hydroxyl groups excluding tert-OH is 2. The molecule has 24 heavy (non-hydrogen) atoms. The molecule has 1 fully saturated rings. The van der Waals surface area contributed by atoms with Gasteiger partial charge in [0.15, 0.2) is 0 Å². The van der Waals surface area contributed by atoms with Gasteiger partial charge in [-0.1, -0.05) is 12.1 Å². The molecule has 0 saturated carbocycles. The van der Waals surface area contributed by atoms with Crippen molar-refractivity contribution in [2.45, 2.75) is 25.8 Å². The molecule has 1 aromatic carbocycles. The smallest absolute Gasteiger partial charge is 0.245 e. The number of likely N-dealkylation sites (tertiary alicyclic amines) is 1. The fraction of sp³-hybridized carbons (Fsp3) is 0.611. The fourth-order valence-electron chi connectivity index (χ4n) is 2.98. The third kappa shape index (κ3) is 6.47. The zero-order chi connectivity index (χ0) is 17.2. The Bertz CT molecular complexity index is 510. The van der Waals surface area contributed by atoms with Crippen LogP contribution in [-0.2, 0) is 11.3 Å². The van der Waals surface area contributed by atoms with Crippen LogP contribution < -0.4 is 10.1 Å². The van der Waals surface area contributed by atoms with E-state index in [1.807, 2.05) is 12.1 Å². The summed E-state index contributed by atoms with van der Waals surface area (Å²) in [5.41, 5.74) is 1.21. The number of hydrogen-bond acceptors (Lipinski definition) is 5. The number of nitrogens with one attached hydrogen (secondary N) is 1. The lowest BCUT2D eigenvalue weighted by molar-refractivity contribution is -0.123. The van der Waals surface area contributed by atoms with E-state index in [9.17, 15) is 9.90 Å². The van der Waals surface area contributed by atoms with Crippen molar-refractivity contribution >= 4 is 5.91 Å². The van der Waals surface area contributed by atoms with Crippen LogP contribution in [0.1, 0.15) is 24.8 Å². The van der Waals surface area contributed by atoms with Crippen LogP contribution in [0.3, 0.4) is 0 Å². The molecule has 3 N–H and O–H groups in total. The number of benzene rings is 1. The molecule has 6 nitrogen and oxygen atoms in total. The monoisotopic (exact) mass is 336 g/mol. The normalized spacial score (nSPS) is 18.3. The number of piperidine rings is 1. The first-order chi connectivity index (χ1) is 11.7. The zero-order valence-corrected chi connectivity index (χ0v) is 14.1. The molecule has 0 aliphatic carbocycles. The lowest BCUT2D eigenvalue weighted by Gasteiger charge is -2.31. The Hall–Kier alpha value is -1.63. The SMILES string of the molecule is O=C(CO)NCCCOc1cccc(CN2CCCC(CO)C2)c1. The summed E-state index contributed by atoms with van der Waals surface area (Å²) in [6.07, 6.45) is 2.95. The predicted octanol–water partition coefficient (Wildman–Crippen LogP) is 0.768. The van der Waals surface area contributed by atoms with Crippen LogP contribution in [0.2, 0.25) is 0 Å². The molecule has 0 spiro atoms. The Kier molecular flexibility index (Phi) is 8.01. The van der Waals surface area contributed by atoms with E-state index in [0.717, 1.165) is 38.2 Å². The van der Waals surface area contributed by atoms with Gasteiger partial charge in [0.2, 0.25) is 5.91 Å². The van der Waals surface area contributed by atoms with Crippen LogP contribution in [0.5, 0.6) is 5.75 Å². The molecule has 6 heteroatoms. The van der Waals surface area contributed by atoms with Gasteiger partial charge in [-0.25, -0.2) is 0 Å². The van der Waals surface area contributed by atoms with E-state index in [0.29, 0.717) is 25.5 Å². The van der Waals surface area contributed by atoms with Crippen LogP contribution in [0.25, 0.3) is 0 Å². The summed E-state index contributed by atoms with van der Waals surface area (Å²) in [5, 5.41) is 20.5. The Labute approximate surface area is 143 Å². The first kappa shape index (κ1) is 18.7. The van der Waals surface area contributed by atoms with Gasteiger partial charge >= 0.3 is 0 Å². The van der Waals surface area contributed by atoms with Crippen LogP contribution in [-0.4, -0.2) is 60.5 Å². The van der Waals surface area contributed by atoms with E-state index in [2.05, 4.69) is 22.3 Å². The number of carbonyl (C=O) groups excluding carboxylic acids is 1. The van der Waals surface area contributed by atoms with Crippen molar-refractivity contribution < 1.29 is 19.7 Å². The summed E-state index contributed by atoms with van der Waals surface area (Å²) >= 11 is 0. The molecular formula is C18H28N2O4. The van der Waals surface area contributed by atoms with Gasteiger partial charge in [0.1, 0.15) is 12.4 Å². The zero-order valence-electron chi connectivity index (χ0n) is 14.1. The Morgan fingerprint density at radius 2 is 2.25 bits per heavy atom. The largest absolute Gasteiger partial charge is 0.494 e. The standard InChI is InChI=1S/C18H28N2O4/c21-13-16-5-2-8-20(12-16)11-15-4-1-6-17(10-15)24-9-3-7-19-18(23)14-22/h1,4,6,10,16,21-22H,2-3,5,7-9,11-14H2,(H,19,23). The van der Waals surface area contributed by atoms with Crippen LogP contribution in [0.15, 0.2) is 24.3 Å². The van der Waals surface area contributed by atoms with E-state index < -0.39 is 6.61 Å². The van der Waals surface area contributed by atoms with E-state index in [1.165, 1.54) is 5.56 Å². The molecule has 0 aromatic heterocycles. The maximum absolute atomic E-state index is 10.9. The van der Waals surface area contributed by atoms with Crippen molar-refractivity contribution in [3.63, 3.8) is 0 Å². The molecule has 1 aliphatic heterocycles. The number of aliphatic hydroxyl groups is 2. The molecule has 0 bridgehead atoms. The summed E-state index contributed by atoms with van der Waals surface area (Å²) < 4.78 is 5.72. The molecule has 1 aromatic rings. The fourth-order valence-corrected chi connectivity index (χ4v) is 2.98. The Morgan fingerprint density at radius 1 is 1.38 bits per heavy atom. The molecule has 134 valence electrons. The first-order valence-electron chi connectivity index (χ1n) is 8.63. The van der Waals surface area contributed by atoms with Gasteiger partial charge in [-0.3, -0.25) is 9.69 Å². The molecule has 0 radical (unpaired) electrons. The van der Waals surface area contributed by atoms with E-state index in [1.54, 1.807) is 0 Å². The Morgan fingerprint density at radius 3 is 3.04 bits per heavy atom. The lowest BCUT2D eigenvalue weighted by atomic mass is 9.98. The van der Waals surface area contributed by atoms with Gasteiger partial charge < -0.3 is 20.3 Å². The number of carbonyl (C=O) groups is 1.